The van der Waals surface area contributed by atoms with Crippen LogP contribution in [0.25, 0.3) is 0 Å². The third kappa shape index (κ3) is 43.6. The number of hydrogen-bond acceptors (Lipinski definition) is 9. The third-order valence-electron chi connectivity index (χ3n) is 14.6. The minimum atomic E-state index is -1.54. The van der Waals surface area contributed by atoms with Crippen molar-refractivity contribution in [1.82, 2.24) is 0 Å². The van der Waals surface area contributed by atoms with Gasteiger partial charge in [-0.25, -0.2) is 0 Å². The third-order valence-corrected chi connectivity index (χ3v) is 14.6. The van der Waals surface area contributed by atoms with E-state index in [1.807, 2.05) is 0 Å². The summed E-state index contributed by atoms with van der Waals surface area (Å²) in [4.78, 5) is 12.9. The first-order valence-corrected chi connectivity index (χ1v) is 31.1. The van der Waals surface area contributed by atoms with Crippen LogP contribution in [0.1, 0.15) is 296 Å². The van der Waals surface area contributed by atoms with Gasteiger partial charge in [0.1, 0.15) is 30.5 Å². The van der Waals surface area contributed by atoms with Crippen molar-refractivity contribution < 1.29 is 44.2 Å². The van der Waals surface area contributed by atoms with Gasteiger partial charge in [0.25, 0.3) is 0 Å². The van der Waals surface area contributed by atoms with Crippen LogP contribution in [0.4, 0.5) is 0 Å². The topological polar surface area (TPSA) is 135 Å². The summed E-state index contributed by atoms with van der Waals surface area (Å²) in [5.41, 5.74) is 0. The molecule has 1 rings (SSSR count). The Morgan fingerprint density at radius 1 is 0.444 bits per heavy atom. The molecular formula is C63H118O9. The first kappa shape index (κ1) is 68.4. The molecule has 9 nitrogen and oxygen atoms in total. The van der Waals surface area contributed by atoms with Crippen molar-refractivity contribution in [3.05, 3.63) is 36.5 Å². The summed E-state index contributed by atoms with van der Waals surface area (Å²) in [6.07, 6.45) is 62.0. The molecule has 0 aromatic heterocycles. The van der Waals surface area contributed by atoms with E-state index in [2.05, 4.69) is 50.3 Å². The Morgan fingerprint density at radius 2 is 0.806 bits per heavy atom. The molecule has 1 aliphatic rings. The summed E-state index contributed by atoms with van der Waals surface area (Å²) in [6.45, 7) is 4.60. The molecule has 0 radical (unpaired) electrons. The Balaban J connectivity index is 2.12. The predicted molar refractivity (Wildman–Crippen MR) is 302 cm³/mol. The van der Waals surface area contributed by atoms with Gasteiger partial charge >= 0.3 is 5.97 Å². The van der Waals surface area contributed by atoms with E-state index in [4.69, 9.17) is 18.9 Å². The largest absolute Gasteiger partial charge is 0.457 e. The van der Waals surface area contributed by atoms with E-state index in [-0.39, 0.29) is 19.2 Å². The molecule has 6 atom stereocenters. The highest BCUT2D eigenvalue weighted by atomic mass is 16.7. The summed E-state index contributed by atoms with van der Waals surface area (Å²) < 4.78 is 23.0. The molecule has 0 bridgehead atoms. The van der Waals surface area contributed by atoms with E-state index in [1.54, 1.807) is 0 Å². The molecule has 0 amide bonds. The Bertz CT molecular complexity index is 1210. The average Bonchev–Trinajstić information content (AvgIpc) is 3.38. The van der Waals surface area contributed by atoms with Crippen molar-refractivity contribution in [2.45, 2.75) is 333 Å². The van der Waals surface area contributed by atoms with Gasteiger partial charge in [0.05, 0.1) is 19.8 Å². The maximum atomic E-state index is 12.9. The van der Waals surface area contributed by atoms with Gasteiger partial charge in [0.15, 0.2) is 6.29 Å². The van der Waals surface area contributed by atoms with Crippen molar-refractivity contribution in [3.63, 3.8) is 0 Å². The number of unbranched alkanes of at least 4 members (excludes halogenated alkanes) is 38. The van der Waals surface area contributed by atoms with Gasteiger partial charge in [-0.15, -0.1) is 0 Å². The Morgan fingerprint density at radius 3 is 1.21 bits per heavy atom. The molecule has 1 fully saturated rings. The van der Waals surface area contributed by atoms with Crippen LogP contribution in [0, 0.1) is 0 Å². The van der Waals surface area contributed by atoms with Crippen molar-refractivity contribution in [1.29, 1.82) is 0 Å². The lowest BCUT2D eigenvalue weighted by Gasteiger charge is -2.39. The van der Waals surface area contributed by atoms with Crippen molar-refractivity contribution in [2.24, 2.45) is 0 Å². The number of aliphatic hydroxyl groups excluding tert-OH is 4. The van der Waals surface area contributed by atoms with Gasteiger partial charge in [-0.3, -0.25) is 4.79 Å². The smallest absolute Gasteiger partial charge is 0.306 e. The molecule has 0 aromatic rings. The molecule has 4 N–H and O–H groups in total. The summed E-state index contributed by atoms with van der Waals surface area (Å²) in [5.74, 6) is -0.308. The lowest BCUT2D eigenvalue weighted by molar-refractivity contribution is -0.305. The number of ether oxygens (including phenoxy) is 4. The zero-order valence-electron chi connectivity index (χ0n) is 47.2. The highest BCUT2D eigenvalue weighted by Crippen LogP contribution is 2.23. The Kier molecular flexibility index (Phi) is 51.5. The van der Waals surface area contributed by atoms with Gasteiger partial charge < -0.3 is 39.4 Å². The van der Waals surface area contributed by atoms with Gasteiger partial charge in [-0.05, 0) is 51.4 Å². The number of rotatable bonds is 55. The highest BCUT2D eigenvalue weighted by Gasteiger charge is 2.44. The normalized spacial score (nSPS) is 18.9. The summed E-state index contributed by atoms with van der Waals surface area (Å²) in [6, 6.07) is 0. The molecule has 1 aliphatic heterocycles. The maximum absolute atomic E-state index is 12.9. The Hall–Kier alpha value is -1.59. The lowest BCUT2D eigenvalue weighted by Crippen LogP contribution is -2.59. The molecule has 0 aliphatic carbocycles. The van der Waals surface area contributed by atoms with E-state index in [9.17, 15) is 25.2 Å². The van der Waals surface area contributed by atoms with Crippen LogP contribution in [0.5, 0.6) is 0 Å². The van der Waals surface area contributed by atoms with Crippen LogP contribution in [0.15, 0.2) is 36.5 Å². The van der Waals surface area contributed by atoms with Gasteiger partial charge in [0.2, 0.25) is 0 Å². The van der Waals surface area contributed by atoms with Crippen LogP contribution in [-0.2, 0) is 23.7 Å². The van der Waals surface area contributed by atoms with E-state index in [0.29, 0.717) is 13.0 Å². The molecule has 72 heavy (non-hydrogen) atoms. The van der Waals surface area contributed by atoms with E-state index in [1.165, 1.54) is 231 Å². The second-order valence-corrected chi connectivity index (χ2v) is 21.5. The van der Waals surface area contributed by atoms with E-state index >= 15 is 0 Å². The number of hydrogen-bond donors (Lipinski definition) is 4. The zero-order chi connectivity index (χ0) is 52.1. The first-order chi connectivity index (χ1) is 35.4. The SMILES string of the molecule is CCCCCCC/C=C\C/C=C\C/C=C\CCCCCCCCCCCOCC(COC1OC(CO)C(O)C(O)C1O)OC(=O)CCCCCCCCCCCCCCCCCCCCCCCCCCC. The molecule has 1 heterocycles. The van der Waals surface area contributed by atoms with Crippen molar-refractivity contribution >= 4 is 5.97 Å². The number of carbonyl (C=O) groups is 1. The molecule has 0 saturated carbocycles. The van der Waals surface area contributed by atoms with E-state index in [0.717, 1.165) is 44.9 Å². The predicted octanol–water partition coefficient (Wildman–Crippen LogP) is 16.6. The zero-order valence-corrected chi connectivity index (χ0v) is 47.2. The highest BCUT2D eigenvalue weighted by molar-refractivity contribution is 5.69. The monoisotopic (exact) mass is 1020 g/mol. The molecule has 6 unspecified atom stereocenters. The molecule has 0 aromatic carbocycles. The molecular weight excluding hydrogens is 901 g/mol. The molecule has 424 valence electrons. The number of allylic oxidation sites excluding steroid dienone is 6. The summed E-state index contributed by atoms with van der Waals surface area (Å²) in [5, 5.41) is 40.4. The fraction of sp³-hybridized carbons (Fsp3) is 0.889. The summed E-state index contributed by atoms with van der Waals surface area (Å²) in [7, 11) is 0. The molecule has 1 saturated heterocycles. The fourth-order valence-corrected chi connectivity index (χ4v) is 9.74. The number of aliphatic hydroxyl groups is 4. The van der Waals surface area contributed by atoms with Crippen molar-refractivity contribution in [3.8, 4) is 0 Å². The van der Waals surface area contributed by atoms with Crippen LogP contribution in [0.2, 0.25) is 0 Å². The number of carbonyl (C=O) groups excluding carboxylic acids is 1. The van der Waals surface area contributed by atoms with Crippen LogP contribution in [0.3, 0.4) is 0 Å². The standard InChI is InChI=1S/C63H118O9/c1-3-5-7-9-11-13-15-17-19-21-23-25-27-29-30-32-34-36-38-40-42-44-46-48-50-52-59(65)71-57(56-70-63-62(68)61(67)60(66)58(54-64)72-63)55-69-53-51-49-47-45-43-41-39-37-35-33-31-28-26-24-22-20-18-16-14-12-10-8-6-4-2/h16,18,22,24,28,31,57-58,60-64,66-68H,3-15,17,19-21,23,25-27,29-30,32-56H2,1-2H3/b18-16-,24-22-,31-28-. The maximum Gasteiger partial charge on any atom is 0.306 e. The quantitative estimate of drug-likeness (QED) is 0.0267. The Labute approximate surface area is 444 Å². The van der Waals surface area contributed by atoms with Crippen LogP contribution >= 0.6 is 0 Å². The summed E-state index contributed by atoms with van der Waals surface area (Å²) >= 11 is 0. The molecule has 9 heteroatoms. The van der Waals surface area contributed by atoms with Crippen LogP contribution in [-0.4, -0.2) is 89.6 Å². The second-order valence-electron chi connectivity index (χ2n) is 21.5. The average molecular weight is 1020 g/mol. The first-order valence-electron chi connectivity index (χ1n) is 31.1. The van der Waals surface area contributed by atoms with Gasteiger partial charge in [0, 0.05) is 13.0 Å². The lowest BCUT2D eigenvalue weighted by atomic mass is 9.99. The fourth-order valence-electron chi connectivity index (χ4n) is 9.74. The van der Waals surface area contributed by atoms with E-state index < -0.39 is 43.4 Å². The minimum Gasteiger partial charge on any atom is -0.457 e. The molecule has 0 spiro atoms. The van der Waals surface area contributed by atoms with Gasteiger partial charge in [-0.2, -0.15) is 0 Å². The van der Waals surface area contributed by atoms with Crippen LogP contribution < -0.4 is 0 Å². The van der Waals surface area contributed by atoms with Crippen molar-refractivity contribution in [2.75, 3.05) is 26.4 Å². The second kappa shape index (κ2) is 54.2. The minimum absolute atomic E-state index is 0.112. The number of esters is 1. The van der Waals surface area contributed by atoms with Gasteiger partial charge in [-0.1, -0.05) is 275 Å².